The monoisotopic (exact) mass is 485 g/mol. The highest BCUT2D eigenvalue weighted by atomic mass is 35.5. The van der Waals surface area contributed by atoms with Gasteiger partial charge < -0.3 is 25.0 Å². The van der Waals surface area contributed by atoms with Gasteiger partial charge in [0.25, 0.3) is 5.91 Å². The number of rotatable bonds is 5. The molecule has 2 N–H and O–H groups in total. The normalized spacial score (nSPS) is 21.9. The van der Waals surface area contributed by atoms with Crippen molar-refractivity contribution >= 4 is 35.0 Å². The molecule has 180 valence electrons. The Morgan fingerprint density at radius 1 is 1.18 bits per heavy atom. The molecular weight excluding hydrogens is 458 g/mol. The van der Waals surface area contributed by atoms with Crippen molar-refractivity contribution in [1.29, 1.82) is 0 Å². The third-order valence-electron chi connectivity index (χ3n) is 6.18. The van der Waals surface area contributed by atoms with Gasteiger partial charge in [-0.05, 0) is 42.7 Å². The van der Waals surface area contributed by atoms with Gasteiger partial charge in [-0.1, -0.05) is 29.8 Å². The Balaban J connectivity index is 1.39. The van der Waals surface area contributed by atoms with Crippen LogP contribution in [0.5, 0.6) is 5.75 Å². The Morgan fingerprint density at radius 2 is 1.97 bits per heavy atom. The number of nitrogens with zero attached hydrogens (tertiary/aromatic N) is 1. The van der Waals surface area contributed by atoms with Gasteiger partial charge in [0.1, 0.15) is 18.5 Å². The predicted molar refractivity (Wildman–Crippen MR) is 128 cm³/mol. The van der Waals surface area contributed by atoms with E-state index in [-0.39, 0.29) is 49.0 Å². The van der Waals surface area contributed by atoms with Gasteiger partial charge >= 0.3 is 0 Å². The molecule has 2 aliphatic rings. The number of nitrogens with one attached hydrogen (secondary N) is 2. The minimum atomic E-state index is -0.354. The van der Waals surface area contributed by atoms with Crippen molar-refractivity contribution in [3.05, 3.63) is 58.6 Å². The first-order chi connectivity index (χ1) is 16.3. The third kappa shape index (κ3) is 5.51. The van der Waals surface area contributed by atoms with E-state index in [1.807, 2.05) is 18.2 Å². The molecule has 0 radical (unpaired) electrons. The van der Waals surface area contributed by atoms with Crippen molar-refractivity contribution in [1.82, 2.24) is 10.2 Å². The first kappa shape index (κ1) is 24.0. The van der Waals surface area contributed by atoms with E-state index in [1.54, 1.807) is 36.2 Å². The second-order valence-corrected chi connectivity index (χ2v) is 9.04. The van der Waals surface area contributed by atoms with Crippen molar-refractivity contribution in [3.8, 4) is 5.75 Å². The van der Waals surface area contributed by atoms with Gasteiger partial charge in [-0.2, -0.15) is 0 Å². The molecule has 2 heterocycles. The largest absolute Gasteiger partial charge is 0.490 e. The van der Waals surface area contributed by atoms with E-state index in [2.05, 4.69) is 10.6 Å². The molecule has 1 fully saturated rings. The standard InChI is InChI=1S/C25H28ClN3O5/c1-15(30)28-17-7-10-22-19(11-17)25(32)29(2)21-9-8-18(34-23(21)14-33-22)12-24(31)27-13-16-5-3-4-6-20(16)26/h3-7,10-11,18,21,23H,8-9,12-14H2,1-2H3,(H,27,31)(H,28,30)/t18-,21+,23+/m0/s1. The van der Waals surface area contributed by atoms with Gasteiger partial charge in [0.2, 0.25) is 11.8 Å². The minimum absolute atomic E-state index is 0.115. The fraction of sp³-hybridized carbons (Fsp3) is 0.400. The molecule has 2 aromatic carbocycles. The average molecular weight is 486 g/mol. The number of ether oxygens (including phenoxy) is 2. The first-order valence-corrected chi connectivity index (χ1v) is 11.7. The van der Waals surface area contributed by atoms with Gasteiger partial charge in [0, 0.05) is 31.2 Å². The molecule has 1 saturated heterocycles. The van der Waals surface area contributed by atoms with Gasteiger partial charge in [0.15, 0.2) is 0 Å². The number of fused-ring (bicyclic) bond motifs is 2. The Labute approximate surface area is 203 Å². The molecule has 9 heteroatoms. The molecule has 3 atom stereocenters. The van der Waals surface area contributed by atoms with E-state index in [0.717, 1.165) is 5.56 Å². The van der Waals surface area contributed by atoms with E-state index in [9.17, 15) is 14.4 Å². The molecule has 0 bridgehead atoms. The fourth-order valence-corrected chi connectivity index (χ4v) is 4.63. The summed E-state index contributed by atoms with van der Waals surface area (Å²) in [4.78, 5) is 38.8. The lowest BCUT2D eigenvalue weighted by Crippen LogP contribution is -2.53. The quantitative estimate of drug-likeness (QED) is 0.676. The van der Waals surface area contributed by atoms with E-state index < -0.39 is 0 Å². The molecule has 0 aromatic heterocycles. The second-order valence-electron chi connectivity index (χ2n) is 8.63. The highest BCUT2D eigenvalue weighted by molar-refractivity contribution is 6.31. The van der Waals surface area contributed by atoms with Crippen molar-refractivity contribution in [2.45, 2.75) is 51.0 Å². The second kappa shape index (κ2) is 10.4. The zero-order valence-corrected chi connectivity index (χ0v) is 19.9. The van der Waals surface area contributed by atoms with Crippen molar-refractivity contribution in [2.24, 2.45) is 0 Å². The lowest BCUT2D eigenvalue weighted by molar-refractivity contribution is -0.134. The molecule has 3 amide bonds. The number of benzene rings is 2. The molecule has 8 nitrogen and oxygen atoms in total. The maximum absolute atomic E-state index is 13.2. The van der Waals surface area contributed by atoms with Crippen LogP contribution in [0.1, 0.15) is 42.1 Å². The SMILES string of the molecule is CC(=O)Nc1ccc2c(c1)C(=O)N(C)[C@@H]1CC[C@@H](CC(=O)NCc3ccccc3Cl)O[C@@H]1CO2. The highest BCUT2D eigenvalue weighted by Gasteiger charge is 2.39. The zero-order valence-electron chi connectivity index (χ0n) is 19.2. The van der Waals surface area contributed by atoms with Crippen LogP contribution in [0.2, 0.25) is 5.02 Å². The molecule has 2 aromatic rings. The number of hydrogen-bond donors (Lipinski definition) is 2. The van der Waals surface area contributed by atoms with E-state index in [1.165, 1.54) is 6.92 Å². The van der Waals surface area contributed by atoms with Crippen LogP contribution in [0.3, 0.4) is 0 Å². The van der Waals surface area contributed by atoms with E-state index >= 15 is 0 Å². The first-order valence-electron chi connectivity index (χ1n) is 11.3. The summed E-state index contributed by atoms with van der Waals surface area (Å²) in [5.41, 5.74) is 1.79. The Bertz CT molecular complexity index is 1090. The predicted octanol–water partition coefficient (Wildman–Crippen LogP) is 3.39. The van der Waals surface area contributed by atoms with Gasteiger partial charge in [-0.3, -0.25) is 14.4 Å². The van der Waals surface area contributed by atoms with Crippen molar-refractivity contribution in [3.63, 3.8) is 0 Å². The summed E-state index contributed by atoms with van der Waals surface area (Å²) >= 11 is 6.16. The van der Waals surface area contributed by atoms with Crippen LogP contribution in [0.25, 0.3) is 0 Å². The van der Waals surface area contributed by atoms with Gasteiger partial charge in [0.05, 0.1) is 24.1 Å². The number of amides is 3. The summed E-state index contributed by atoms with van der Waals surface area (Å²) in [6.45, 7) is 2.03. The number of likely N-dealkylation sites (N-methyl/N-ethyl adjacent to an activating group) is 1. The molecule has 4 rings (SSSR count). The molecule has 0 spiro atoms. The summed E-state index contributed by atoms with van der Waals surface area (Å²) in [5, 5.41) is 6.21. The van der Waals surface area contributed by atoms with Gasteiger partial charge in [-0.15, -0.1) is 0 Å². The lowest BCUT2D eigenvalue weighted by Gasteiger charge is -2.42. The molecule has 34 heavy (non-hydrogen) atoms. The summed E-state index contributed by atoms with van der Waals surface area (Å²) in [7, 11) is 1.75. The third-order valence-corrected chi connectivity index (χ3v) is 6.55. The van der Waals surface area contributed by atoms with Crippen LogP contribution < -0.4 is 15.4 Å². The minimum Gasteiger partial charge on any atom is -0.490 e. The van der Waals surface area contributed by atoms with Crippen LogP contribution in [-0.4, -0.2) is 54.5 Å². The van der Waals surface area contributed by atoms with Crippen LogP contribution in [0, 0.1) is 0 Å². The number of halogens is 1. The molecule has 0 unspecified atom stereocenters. The van der Waals surface area contributed by atoms with Crippen molar-refractivity contribution in [2.75, 3.05) is 19.0 Å². The molecular formula is C25H28ClN3O5. The van der Waals surface area contributed by atoms with Crippen molar-refractivity contribution < 1.29 is 23.9 Å². The number of anilines is 1. The average Bonchev–Trinajstić information content (AvgIpc) is 2.81. The number of carbonyl (C=O) groups is 3. The number of carbonyl (C=O) groups excluding carboxylic acids is 3. The molecule has 0 aliphatic carbocycles. The number of hydrogen-bond acceptors (Lipinski definition) is 5. The Kier molecular flexibility index (Phi) is 7.38. The van der Waals surface area contributed by atoms with E-state index in [4.69, 9.17) is 21.1 Å². The summed E-state index contributed by atoms with van der Waals surface area (Å²) in [5.74, 6) is -0.0883. The fourth-order valence-electron chi connectivity index (χ4n) is 4.42. The summed E-state index contributed by atoms with van der Waals surface area (Å²) in [6, 6.07) is 12.2. The maximum Gasteiger partial charge on any atom is 0.257 e. The highest BCUT2D eigenvalue weighted by Crippen LogP contribution is 2.32. The zero-order chi connectivity index (χ0) is 24.2. The van der Waals surface area contributed by atoms with E-state index in [0.29, 0.717) is 41.4 Å². The lowest BCUT2D eigenvalue weighted by atomic mass is 9.94. The summed E-state index contributed by atoms with van der Waals surface area (Å²) in [6.07, 6.45) is 0.950. The maximum atomic E-state index is 13.2. The Morgan fingerprint density at radius 3 is 2.74 bits per heavy atom. The Hall–Kier alpha value is -3.10. The topological polar surface area (TPSA) is 97.0 Å². The smallest absolute Gasteiger partial charge is 0.257 e. The van der Waals surface area contributed by atoms with Crippen LogP contribution >= 0.6 is 11.6 Å². The van der Waals surface area contributed by atoms with Crippen LogP contribution in [0.4, 0.5) is 5.69 Å². The molecule has 2 aliphatic heterocycles. The summed E-state index contributed by atoms with van der Waals surface area (Å²) < 4.78 is 12.2. The van der Waals surface area contributed by atoms with Crippen LogP contribution in [0.15, 0.2) is 42.5 Å². The molecule has 0 saturated carbocycles. The van der Waals surface area contributed by atoms with Gasteiger partial charge in [-0.25, -0.2) is 0 Å². The van der Waals surface area contributed by atoms with Crippen LogP contribution in [-0.2, 0) is 20.9 Å².